The first-order valence-electron chi connectivity index (χ1n) is 4.42. The van der Waals surface area contributed by atoms with Gasteiger partial charge in [0, 0.05) is 18.4 Å². The molecule has 0 fully saturated rings. The monoisotopic (exact) mass is 207 g/mol. The fourth-order valence-electron chi connectivity index (χ4n) is 0.991. The molecule has 14 heavy (non-hydrogen) atoms. The van der Waals surface area contributed by atoms with E-state index < -0.39 is 0 Å². The lowest BCUT2D eigenvalue weighted by atomic mass is 10.3. The van der Waals surface area contributed by atoms with Crippen LogP contribution in [0, 0.1) is 6.92 Å². The highest BCUT2D eigenvalue weighted by atomic mass is 32.2. The topological polar surface area (TPSA) is 30.0 Å². The SMILES string of the molecule is CC(=O)SCC=Cc1cccc(C)n1. The number of hydrogen-bond donors (Lipinski definition) is 0. The standard InChI is InChI=1S/C11H13NOS/c1-9-5-3-6-11(12-9)7-4-8-14-10(2)13/h3-7H,8H2,1-2H3. The second-order valence-electron chi connectivity index (χ2n) is 2.91. The Morgan fingerprint density at radius 3 is 3.00 bits per heavy atom. The summed E-state index contributed by atoms with van der Waals surface area (Å²) in [6.45, 7) is 3.53. The Labute approximate surface area is 88.4 Å². The van der Waals surface area contributed by atoms with E-state index in [1.165, 1.54) is 11.8 Å². The van der Waals surface area contributed by atoms with Gasteiger partial charge in [0.2, 0.25) is 0 Å². The number of carbonyl (C=O) groups is 1. The third-order valence-electron chi connectivity index (χ3n) is 1.58. The summed E-state index contributed by atoms with van der Waals surface area (Å²) in [5.41, 5.74) is 1.94. The van der Waals surface area contributed by atoms with E-state index in [1.807, 2.05) is 37.3 Å². The molecule has 3 heteroatoms. The first kappa shape index (κ1) is 11.0. The van der Waals surface area contributed by atoms with E-state index in [0.29, 0.717) is 5.75 Å². The maximum Gasteiger partial charge on any atom is 0.186 e. The zero-order valence-corrected chi connectivity index (χ0v) is 9.17. The van der Waals surface area contributed by atoms with Crippen LogP contribution >= 0.6 is 11.8 Å². The van der Waals surface area contributed by atoms with Crippen LogP contribution in [0.5, 0.6) is 0 Å². The molecule has 0 saturated carbocycles. The lowest BCUT2D eigenvalue weighted by Crippen LogP contribution is -1.85. The van der Waals surface area contributed by atoms with E-state index in [-0.39, 0.29) is 5.12 Å². The summed E-state index contributed by atoms with van der Waals surface area (Å²) in [5.74, 6) is 0.713. The third-order valence-corrected chi connectivity index (χ3v) is 2.35. The number of rotatable bonds is 3. The van der Waals surface area contributed by atoms with Crippen LogP contribution in [0.4, 0.5) is 0 Å². The lowest BCUT2D eigenvalue weighted by Gasteiger charge is -1.94. The largest absolute Gasteiger partial charge is 0.288 e. The van der Waals surface area contributed by atoms with E-state index in [4.69, 9.17) is 0 Å². The van der Waals surface area contributed by atoms with Crippen LogP contribution in [-0.2, 0) is 4.79 Å². The van der Waals surface area contributed by atoms with Gasteiger partial charge in [0.05, 0.1) is 5.69 Å². The van der Waals surface area contributed by atoms with Gasteiger partial charge in [0.15, 0.2) is 5.12 Å². The average molecular weight is 207 g/mol. The van der Waals surface area contributed by atoms with Gasteiger partial charge in [-0.2, -0.15) is 0 Å². The first-order valence-corrected chi connectivity index (χ1v) is 5.40. The lowest BCUT2D eigenvalue weighted by molar-refractivity contribution is -0.109. The van der Waals surface area contributed by atoms with Crippen LogP contribution < -0.4 is 0 Å². The van der Waals surface area contributed by atoms with Gasteiger partial charge in [0.1, 0.15) is 0 Å². The molecule has 0 spiro atoms. The fourth-order valence-corrected chi connectivity index (χ4v) is 1.42. The van der Waals surface area contributed by atoms with E-state index in [9.17, 15) is 4.79 Å². The Morgan fingerprint density at radius 2 is 2.36 bits per heavy atom. The number of nitrogens with zero attached hydrogens (tertiary/aromatic N) is 1. The molecular weight excluding hydrogens is 194 g/mol. The Morgan fingerprint density at radius 1 is 1.57 bits per heavy atom. The quantitative estimate of drug-likeness (QED) is 0.763. The van der Waals surface area contributed by atoms with Gasteiger partial charge in [-0.3, -0.25) is 9.78 Å². The Balaban J connectivity index is 2.47. The molecule has 0 aliphatic rings. The Bertz CT molecular complexity index is 347. The molecule has 0 N–H and O–H groups in total. The first-order chi connectivity index (χ1) is 6.68. The highest BCUT2D eigenvalue weighted by Gasteiger charge is 1.91. The second-order valence-corrected chi connectivity index (χ2v) is 4.11. The summed E-state index contributed by atoms with van der Waals surface area (Å²) in [7, 11) is 0. The Hall–Kier alpha value is -1.09. The van der Waals surface area contributed by atoms with E-state index >= 15 is 0 Å². The summed E-state index contributed by atoms with van der Waals surface area (Å²) < 4.78 is 0. The van der Waals surface area contributed by atoms with Crippen molar-refractivity contribution in [1.29, 1.82) is 0 Å². The molecule has 0 aromatic carbocycles. The van der Waals surface area contributed by atoms with E-state index in [2.05, 4.69) is 4.98 Å². The summed E-state index contributed by atoms with van der Waals surface area (Å²) in [5, 5.41) is 0.145. The van der Waals surface area contributed by atoms with Gasteiger partial charge in [-0.25, -0.2) is 0 Å². The molecule has 1 heterocycles. The van der Waals surface area contributed by atoms with E-state index in [0.717, 1.165) is 11.4 Å². The molecule has 0 unspecified atom stereocenters. The number of hydrogen-bond acceptors (Lipinski definition) is 3. The molecule has 1 aromatic rings. The summed E-state index contributed by atoms with van der Waals surface area (Å²) >= 11 is 1.30. The van der Waals surface area contributed by atoms with Gasteiger partial charge in [-0.05, 0) is 25.1 Å². The minimum Gasteiger partial charge on any atom is -0.288 e. The van der Waals surface area contributed by atoms with Gasteiger partial charge < -0.3 is 0 Å². The minimum absolute atomic E-state index is 0.145. The molecular formula is C11H13NOS. The highest BCUT2D eigenvalue weighted by Crippen LogP contribution is 2.04. The zero-order chi connectivity index (χ0) is 10.4. The molecule has 0 aliphatic heterocycles. The molecule has 0 saturated heterocycles. The fraction of sp³-hybridized carbons (Fsp3) is 0.273. The van der Waals surface area contributed by atoms with Crippen LogP contribution in [0.2, 0.25) is 0 Å². The molecule has 0 aliphatic carbocycles. The molecule has 0 atom stereocenters. The van der Waals surface area contributed by atoms with Crippen LogP contribution in [0.25, 0.3) is 6.08 Å². The van der Waals surface area contributed by atoms with Gasteiger partial charge in [-0.15, -0.1) is 0 Å². The normalized spacial score (nSPS) is 10.7. The van der Waals surface area contributed by atoms with Crippen molar-refractivity contribution < 1.29 is 4.79 Å². The number of carbonyl (C=O) groups excluding carboxylic acids is 1. The van der Waals surface area contributed by atoms with E-state index in [1.54, 1.807) is 6.92 Å². The summed E-state index contributed by atoms with van der Waals surface area (Å²) in [6, 6.07) is 5.88. The maximum absolute atomic E-state index is 10.6. The van der Waals surface area contributed by atoms with Crippen molar-refractivity contribution in [2.45, 2.75) is 13.8 Å². The van der Waals surface area contributed by atoms with Gasteiger partial charge in [0.25, 0.3) is 0 Å². The van der Waals surface area contributed by atoms with Crippen LogP contribution in [0.3, 0.4) is 0 Å². The number of aryl methyl sites for hydroxylation is 1. The highest BCUT2D eigenvalue weighted by molar-refractivity contribution is 8.13. The van der Waals surface area contributed by atoms with Crippen molar-refractivity contribution in [2.75, 3.05) is 5.75 Å². The molecule has 0 bridgehead atoms. The second kappa shape index (κ2) is 5.60. The third kappa shape index (κ3) is 4.23. The maximum atomic E-state index is 10.6. The molecule has 2 nitrogen and oxygen atoms in total. The molecule has 74 valence electrons. The van der Waals surface area contributed by atoms with Gasteiger partial charge in [-0.1, -0.05) is 23.9 Å². The number of thioether (sulfide) groups is 1. The van der Waals surface area contributed by atoms with Crippen molar-refractivity contribution in [1.82, 2.24) is 4.98 Å². The predicted molar refractivity (Wildman–Crippen MR) is 61.1 cm³/mol. The zero-order valence-electron chi connectivity index (χ0n) is 8.36. The van der Waals surface area contributed by atoms with Crippen molar-refractivity contribution >= 4 is 23.0 Å². The van der Waals surface area contributed by atoms with Crippen molar-refractivity contribution in [3.63, 3.8) is 0 Å². The van der Waals surface area contributed by atoms with Crippen LogP contribution in [0.1, 0.15) is 18.3 Å². The average Bonchev–Trinajstić information content (AvgIpc) is 2.12. The van der Waals surface area contributed by atoms with Gasteiger partial charge >= 0.3 is 0 Å². The van der Waals surface area contributed by atoms with Crippen LogP contribution in [0.15, 0.2) is 24.3 Å². The van der Waals surface area contributed by atoms with Crippen molar-refractivity contribution in [3.05, 3.63) is 35.7 Å². The van der Waals surface area contributed by atoms with Crippen molar-refractivity contribution in [3.8, 4) is 0 Å². The van der Waals surface area contributed by atoms with Crippen molar-refractivity contribution in [2.24, 2.45) is 0 Å². The predicted octanol–water partition coefficient (Wildman–Crippen LogP) is 2.68. The van der Waals surface area contributed by atoms with Crippen LogP contribution in [-0.4, -0.2) is 15.9 Å². The summed E-state index contributed by atoms with van der Waals surface area (Å²) in [4.78, 5) is 14.9. The number of aromatic nitrogens is 1. The molecule has 1 rings (SSSR count). The minimum atomic E-state index is 0.145. The molecule has 0 radical (unpaired) electrons. The Kier molecular flexibility index (Phi) is 4.40. The molecule has 1 aromatic heterocycles. The number of pyridine rings is 1. The smallest absolute Gasteiger partial charge is 0.186 e. The molecule has 0 amide bonds. The summed E-state index contributed by atoms with van der Waals surface area (Å²) in [6.07, 6.45) is 3.89.